The lowest BCUT2D eigenvalue weighted by molar-refractivity contribution is -0.137. The topological polar surface area (TPSA) is 75.4 Å². The third kappa shape index (κ3) is 4.33. The minimum Gasteiger partial charge on any atom is -0.343 e. The molecule has 0 aliphatic carbocycles. The molecule has 0 spiro atoms. The van der Waals surface area contributed by atoms with E-state index in [0.29, 0.717) is 13.1 Å². The normalized spacial score (nSPS) is 19.5. The number of nitrogens with two attached hydrogens (primary N) is 1. The van der Waals surface area contributed by atoms with E-state index in [2.05, 4.69) is 5.32 Å². The fourth-order valence-corrected chi connectivity index (χ4v) is 3.38. The van der Waals surface area contributed by atoms with Gasteiger partial charge in [0, 0.05) is 25.0 Å². The van der Waals surface area contributed by atoms with Gasteiger partial charge in [-0.05, 0) is 17.7 Å². The van der Waals surface area contributed by atoms with E-state index in [1.165, 1.54) is 17.0 Å². The summed E-state index contributed by atoms with van der Waals surface area (Å²) in [6.07, 6.45) is -4.65. The molecule has 0 saturated carbocycles. The van der Waals surface area contributed by atoms with Crippen molar-refractivity contribution in [2.75, 3.05) is 19.6 Å². The number of benzene rings is 2. The van der Waals surface area contributed by atoms with Gasteiger partial charge in [0.05, 0.1) is 17.7 Å². The number of nitrogens with one attached hydrogen (secondary N) is 1. The second-order valence-electron chi connectivity index (χ2n) is 6.71. The zero-order valence-corrected chi connectivity index (χ0v) is 14.9. The molecule has 3 rings (SSSR count). The first-order chi connectivity index (χ1) is 13.3. The maximum Gasteiger partial charge on any atom is 0.417 e. The maximum absolute atomic E-state index is 13.0. The Labute approximate surface area is 160 Å². The van der Waals surface area contributed by atoms with Crippen LogP contribution in [0.25, 0.3) is 0 Å². The Morgan fingerprint density at radius 3 is 2.36 bits per heavy atom. The molecule has 5 nitrogen and oxygen atoms in total. The molecule has 1 aliphatic rings. The Morgan fingerprint density at radius 1 is 1.04 bits per heavy atom. The van der Waals surface area contributed by atoms with Crippen LogP contribution in [0.1, 0.15) is 27.4 Å². The van der Waals surface area contributed by atoms with Gasteiger partial charge in [0.2, 0.25) is 5.91 Å². The highest BCUT2D eigenvalue weighted by molar-refractivity contribution is 5.97. The van der Waals surface area contributed by atoms with E-state index in [4.69, 9.17) is 5.73 Å². The molecule has 0 radical (unpaired) electrons. The van der Waals surface area contributed by atoms with Gasteiger partial charge in [0.15, 0.2) is 0 Å². The first-order valence-corrected chi connectivity index (χ1v) is 8.80. The zero-order valence-electron chi connectivity index (χ0n) is 14.9. The van der Waals surface area contributed by atoms with Crippen LogP contribution in [0.4, 0.5) is 13.2 Å². The van der Waals surface area contributed by atoms with Gasteiger partial charge < -0.3 is 16.0 Å². The van der Waals surface area contributed by atoms with Crippen molar-refractivity contribution in [3.63, 3.8) is 0 Å². The Balaban J connectivity index is 1.62. The van der Waals surface area contributed by atoms with Crippen molar-refractivity contribution < 1.29 is 22.8 Å². The number of alkyl halides is 3. The van der Waals surface area contributed by atoms with Crippen LogP contribution in [-0.2, 0) is 11.0 Å². The largest absolute Gasteiger partial charge is 0.417 e. The summed E-state index contributed by atoms with van der Waals surface area (Å²) in [4.78, 5) is 26.1. The van der Waals surface area contributed by atoms with E-state index in [-0.39, 0.29) is 24.4 Å². The molecule has 148 valence electrons. The lowest BCUT2D eigenvalue weighted by Gasteiger charge is -2.17. The molecule has 2 aromatic carbocycles. The van der Waals surface area contributed by atoms with Crippen LogP contribution in [0.15, 0.2) is 54.6 Å². The number of hydrogen-bond donors (Lipinski definition) is 2. The number of hydrogen-bond acceptors (Lipinski definition) is 3. The van der Waals surface area contributed by atoms with E-state index < -0.39 is 23.2 Å². The summed E-state index contributed by atoms with van der Waals surface area (Å²) in [6.45, 7) is 0.339. The zero-order chi connectivity index (χ0) is 20.3. The summed E-state index contributed by atoms with van der Waals surface area (Å²) in [5.41, 5.74) is 5.62. The Kier molecular flexibility index (Phi) is 5.69. The highest BCUT2D eigenvalue weighted by Gasteiger charge is 2.36. The summed E-state index contributed by atoms with van der Waals surface area (Å²) in [5.74, 6) is -1.34. The van der Waals surface area contributed by atoms with Crippen molar-refractivity contribution in [2.24, 2.45) is 5.73 Å². The van der Waals surface area contributed by atoms with E-state index in [9.17, 15) is 22.8 Å². The Morgan fingerprint density at radius 2 is 1.68 bits per heavy atom. The molecular weight excluding hydrogens is 371 g/mol. The van der Waals surface area contributed by atoms with Gasteiger partial charge in [-0.15, -0.1) is 0 Å². The first kappa shape index (κ1) is 19.9. The van der Waals surface area contributed by atoms with E-state index in [1.807, 2.05) is 30.3 Å². The maximum atomic E-state index is 13.0. The van der Waals surface area contributed by atoms with E-state index >= 15 is 0 Å². The lowest BCUT2D eigenvalue weighted by atomic mass is 9.95. The Hall–Kier alpha value is -2.87. The minimum absolute atomic E-state index is 0.0215. The average Bonchev–Trinajstić information content (AvgIpc) is 3.07. The van der Waals surface area contributed by atoms with Crippen molar-refractivity contribution in [3.8, 4) is 0 Å². The number of nitrogens with zero attached hydrogens (tertiary/aromatic N) is 1. The van der Waals surface area contributed by atoms with Gasteiger partial charge in [0.25, 0.3) is 5.91 Å². The standard InChI is InChI=1S/C20H20F3N3O2/c21-20(22,23)16-9-5-4-8-14(16)19(28)25-10-18(27)26-11-15(17(24)12-26)13-6-2-1-3-7-13/h1-9,15,17H,10-12,24H2,(H,25,28)/t15-,17+/m0/s1. The van der Waals surface area contributed by atoms with Gasteiger partial charge in [-0.2, -0.15) is 13.2 Å². The van der Waals surface area contributed by atoms with Crippen molar-refractivity contribution in [2.45, 2.75) is 18.1 Å². The molecule has 3 N–H and O–H groups in total. The van der Waals surface area contributed by atoms with Crippen LogP contribution < -0.4 is 11.1 Å². The number of likely N-dealkylation sites (tertiary alicyclic amines) is 1. The van der Waals surface area contributed by atoms with Crippen molar-refractivity contribution >= 4 is 11.8 Å². The SMILES string of the molecule is N[C@@H]1CN(C(=O)CNC(=O)c2ccccc2C(F)(F)F)C[C@H]1c1ccccc1. The molecule has 2 aromatic rings. The third-order valence-electron chi connectivity index (χ3n) is 4.82. The van der Waals surface area contributed by atoms with Crippen molar-refractivity contribution in [3.05, 3.63) is 71.3 Å². The fraction of sp³-hybridized carbons (Fsp3) is 0.300. The predicted octanol–water partition coefficient (Wildman–Crippen LogP) is 2.39. The fourth-order valence-electron chi connectivity index (χ4n) is 3.38. The van der Waals surface area contributed by atoms with Crippen LogP contribution in [0.2, 0.25) is 0 Å². The number of halogens is 3. The lowest BCUT2D eigenvalue weighted by Crippen LogP contribution is -2.40. The average molecular weight is 391 g/mol. The summed E-state index contributed by atoms with van der Waals surface area (Å²) in [5, 5.41) is 2.29. The molecule has 28 heavy (non-hydrogen) atoms. The third-order valence-corrected chi connectivity index (χ3v) is 4.82. The highest BCUT2D eigenvalue weighted by atomic mass is 19.4. The van der Waals surface area contributed by atoms with Gasteiger partial charge in [-0.25, -0.2) is 0 Å². The van der Waals surface area contributed by atoms with Crippen LogP contribution in [0, 0.1) is 0 Å². The Bertz CT molecular complexity index is 855. The monoisotopic (exact) mass is 391 g/mol. The molecule has 1 aliphatic heterocycles. The molecule has 2 amide bonds. The molecule has 0 unspecified atom stereocenters. The van der Waals surface area contributed by atoms with Gasteiger partial charge >= 0.3 is 6.18 Å². The van der Waals surface area contributed by atoms with Gasteiger partial charge in [-0.3, -0.25) is 9.59 Å². The molecule has 1 saturated heterocycles. The molecule has 0 bridgehead atoms. The second kappa shape index (κ2) is 8.02. The molecular formula is C20H20F3N3O2. The molecule has 2 atom stereocenters. The number of carbonyl (C=O) groups is 2. The number of amides is 2. The summed E-state index contributed by atoms with van der Waals surface area (Å²) < 4.78 is 39.1. The van der Waals surface area contributed by atoms with Gasteiger partial charge in [-0.1, -0.05) is 42.5 Å². The van der Waals surface area contributed by atoms with E-state index in [1.54, 1.807) is 0 Å². The van der Waals surface area contributed by atoms with Gasteiger partial charge in [0.1, 0.15) is 0 Å². The molecule has 1 fully saturated rings. The molecule has 1 heterocycles. The minimum atomic E-state index is -4.65. The number of rotatable bonds is 4. The summed E-state index contributed by atoms with van der Waals surface area (Å²) >= 11 is 0. The predicted molar refractivity (Wildman–Crippen MR) is 97.5 cm³/mol. The summed E-state index contributed by atoms with van der Waals surface area (Å²) in [7, 11) is 0. The van der Waals surface area contributed by atoms with Crippen LogP contribution in [0.3, 0.4) is 0 Å². The van der Waals surface area contributed by atoms with Crippen LogP contribution in [0.5, 0.6) is 0 Å². The van der Waals surface area contributed by atoms with Crippen LogP contribution in [-0.4, -0.2) is 42.4 Å². The second-order valence-corrected chi connectivity index (χ2v) is 6.71. The summed E-state index contributed by atoms with van der Waals surface area (Å²) in [6, 6.07) is 13.8. The molecule has 0 aromatic heterocycles. The smallest absolute Gasteiger partial charge is 0.343 e. The quantitative estimate of drug-likeness (QED) is 0.840. The van der Waals surface area contributed by atoms with Crippen molar-refractivity contribution in [1.82, 2.24) is 10.2 Å². The molecule has 8 heteroatoms. The van der Waals surface area contributed by atoms with Crippen LogP contribution >= 0.6 is 0 Å². The number of carbonyl (C=O) groups excluding carboxylic acids is 2. The van der Waals surface area contributed by atoms with Crippen molar-refractivity contribution in [1.29, 1.82) is 0 Å². The highest BCUT2D eigenvalue weighted by Crippen LogP contribution is 2.31. The first-order valence-electron chi connectivity index (χ1n) is 8.80. The van der Waals surface area contributed by atoms with E-state index in [0.717, 1.165) is 17.7 Å².